The van der Waals surface area contributed by atoms with Gasteiger partial charge in [-0.3, -0.25) is 9.59 Å². The van der Waals surface area contributed by atoms with Crippen molar-refractivity contribution in [3.63, 3.8) is 0 Å². The molecule has 1 aliphatic heterocycles. The number of rotatable bonds is 11. The summed E-state index contributed by atoms with van der Waals surface area (Å²) in [5.41, 5.74) is 0. The summed E-state index contributed by atoms with van der Waals surface area (Å²) >= 11 is 1.72. The largest absolute Gasteiger partial charge is 0.354 e. The molecule has 0 spiro atoms. The molecule has 2 amide bonds. The number of amides is 2. The van der Waals surface area contributed by atoms with Crippen molar-refractivity contribution in [2.75, 3.05) is 31.6 Å². The van der Waals surface area contributed by atoms with Crippen LogP contribution >= 0.6 is 11.8 Å². The lowest BCUT2D eigenvalue weighted by Crippen LogP contribution is -2.49. The van der Waals surface area contributed by atoms with E-state index < -0.39 is 6.04 Å². The first-order valence-electron chi connectivity index (χ1n) is 11.9. The maximum atomic E-state index is 12.7. The summed E-state index contributed by atoms with van der Waals surface area (Å²) in [5, 5.41) is 6.16. The molecule has 1 heterocycles. The Kier molecular flexibility index (Phi) is 11.4. The third-order valence-corrected chi connectivity index (χ3v) is 7.42. The van der Waals surface area contributed by atoms with Gasteiger partial charge in [0.1, 0.15) is 6.04 Å². The topological polar surface area (TPSA) is 61.4 Å². The molecule has 0 radical (unpaired) electrons. The van der Waals surface area contributed by atoms with Crippen LogP contribution in [0.25, 0.3) is 0 Å². The molecular weight excluding hydrogens is 382 g/mol. The molecule has 168 valence electrons. The molecule has 29 heavy (non-hydrogen) atoms. The predicted octanol–water partition coefficient (Wildman–Crippen LogP) is 3.82. The Morgan fingerprint density at radius 2 is 1.90 bits per heavy atom. The van der Waals surface area contributed by atoms with Crippen molar-refractivity contribution in [2.45, 2.75) is 90.1 Å². The molecule has 0 aromatic heterocycles. The third-order valence-electron chi connectivity index (χ3n) is 6.77. The summed E-state index contributed by atoms with van der Waals surface area (Å²) in [4.78, 5) is 28.0. The average molecular weight is 426 g/mol. The minimum absolute atomic E-state index is 0.0118. The molecule has 0 aromatic carbocycles. The van der Waals surface area contributed by atoms with E-state index in [9.17, 15) is 9.59 Å². The van der Waals surface area contributed by atoms with Crippen LogP contribution in [0, 0.1) is 11.8 Å². The van der Waals surface area contributed by atoms with Crippen molar-refractivity contribution in [1.29, 1.82) is 0 Å². The van der Waals surface area contributed by atoms with Gasteiger partial charge in [-0.05, 0) is 82.3 Å². The fourth-order valence-corrected chi connectivity index (χ4v) is 5.22. The van der Waals surface area contributed by atoms with Gasteiger partial charge in [0, 0.05) is 25.0 Å². The van der Waals surface area contributed by atoms with Gasteiger partial charge in [0.25, 0.3) is 0 Å². The van der Waals surface area contributed by atoms with Crippen LogP contribution in [-0.4, -0.2) is 60.4 Å². The second kappa shape index (κ2) is 13.5. The molecule has 0 aromatic rings. The maximum Gasteiger partial charge on any atom is 0.242 e. The predicted molar refractivity (Wildman–Crippen MR) is 123 cm³/mol. The lowest BCUT2D eigenvalue weighted by Gasteiger charge is -2.35. The van der Waals surface area contributed by atoms with Gasteiger partial charge in [0.15, 0.2) is 0 Å². The quantitative estimate of drug-likeness (QED) is 0.494. The van der Waals surface area contributed by atoms with E-state index in [1.165, 1.54) is 32.2 Å². The van der Waals surface area contributed by atoms with Crippen molar-refractivity contribution in [3.05, 3.63) is 0 Å². The number of likely N-dealkylation sites (tertiary alicyclic amines) is 1. The molecule has 2 N–H and O–H groups in total. The van der Waals surface area contributed by atoms with Crippen LogP contribution in [0.2, 0.25) is 0 Å². The highest BCUT2D eigenvalue weighted by Crippen LogP contribution is 2.28. The van der Waals surface area contributed by atoms with Crippen LogP contribution in [0.15, 0.2) is 0 Å². The fourth-order valence-electron chi connectivity index (χ4n) is 4.75. The smallest absolute Gasteiger partial charge is 0.242 e. The van der Waals surface area contributed by atoms with E-state index in [1.807, 2.05) is 6.26 Å². The Labute approximate surface area is 182 Å². The first-order valence-corrected chi connectivity index (χ1v) is 13.3. The van der Waals surface area contributed by atoms with Gasteiger partial charge in [-0.1, -0.05) is 20.3 Å². The number of piperidine rings is 1. The number of carbonyl (C=O) groups excluding carboxylic acids is 2. The minimum atomic E-state index is -0.396. The van der Waals surface area contributed by atoms with Gasteiger partial charge in [0.2, 0.25) is 11.8 Å². The van der Waals surface area contributed by atoms with Crippen molar-refractivity contribution in [1.82, 2.24) is 15.5 Å². The number of hydrogen-bond acceptors (Lipinski definition) is 4. The van der Waals surface area contributed by atoms with Crippen LogP contribution in [0.4, 0.5) is 0 Å². The maximum absolute atomic E-state index is 12.7. The van der Waals surface area contributed by atoms with Gasteiger partial charge >= 0.3 is 0 Å². The van der Waals surface area contributed by atoms with Crippen LogP contribution in [0.3, 0.4) is 0 Å². The van der Waals surface area contributed by atoms with Crippen LogP contribution in [0.1, 0.15) is 78.1 Å². The number of nitrogens with zero attached hydrogens (tertiary/aromatic N) is 1. The lowest BCUT2D eigenvalue weighted by molar-refractivity contribution is -0.132. The molecule has 0 unspecified atom stereocenters. The van der Waals surface area contributed by atoms with Gasteiger partial charge in [0.05, 0.1) is 0 Å². The van der Waals surface area contributed by atoms with Crippen molar-refractivity contribution < 1.29 is 9.59 Å². The van der Waals surface area contributed by atoms with Gasteiger partial charge < -0.3 is 15.5 Å². The van der Waals surface area contributed by atoms with E-state index in [0.717, 1.165) is 50.3 Å². The van der Waals surface area contributed by atoms with E-state index >= 15 is 0 Å². The molecule has 1 saturated heterocycles. The van der Waals surface area contributed by atoms with E-state index in [1.54, 1.807) is 11.8 Å². The molecular formula is C23H43N3O2S. The standard InChI is InChI=1S/C23H43N3O2S/c1-4-20-8-5-6-15-26(20)16-7-14-24-23(28)21(13-17-29-3)25-22(27)19-11-9-18(2)10-12-19/h18-21H,4-17H2,1-3H3,(H,24,28)(H,25,27)/t18?,19?,20-,21+/m0/s1. The highest BCUT2D eigenvalue weighted by Gasteiger charge is 2.28. The Balaban J connectivity index is 1.74. The highest BCUT2D eigenvalue weighted by molar-refractivity contribution is 7.98. The van der Waals surface area contributed by atoms with Gasteiger partial charge in [-0.2, -0.15) is 11.8 Å². The Bertz CT molecular complexity index is 495. The minimum Gasteiger partial charge on any atom is -0.354 e. The van der Waals surface area contributed by atoms with Gasteiger partial charge in [-0.25, -0.2) is 0 Å². The van der Waals surface area contributed by atoms with E-state index in [-0.39, 0.29) is 17.7 Å². The zero-order valence-electron chi connectivity index (χ0n) is 18.9. The van der Waals surface area contributed by atoms with Crippen LogP contribution in [-0.2, 0) is 9.59 Å². The number of hydrogen-bond donors (Lipinski definition) is 2. The fraction of sp³-hybridized carbons (Fsp3) is 0.913. The van der Waals surface area contributed by atoms with Crippen molar-refractivity contribution in [3.8, 4) is 0 Å². The number of nitrogens with one attached hydrogen (secondary N) is 2. The SMILES string of the molecule is CC[C@H]1CCCCN1CCCNC(=O)[C@@H](CCSC)NC(=O)C1CCC(C)CC1. The summed E-state index contributed by atoms with van der Waals surface area (Å²) in [6.45, 7) is 7.48. The van der Waals surface area contributed by atoms with E-state index in [0.29, 0.717) is 19.0 Å². The first-order chi connectivity index (χ1) is 14.0. The summed E-state index contributed by atoms with van der Waals surface area (Å²) in [6.07, 6.45) is 13.1. The molecule has 2 rings (SSSR count). The zero-order valence-corrected chi connectivity index (χ0v) is 19.7. The van der Waals surface area contributed by atoms with E-state index in [4.69, 9.17) is 0 Å². The lowest BCUT2D eigenvalue weighted by atomic mass is 9.82. The summed E-state index contributed by atoms with van der Waals surface area (Å²) in [7, 11) is 0. The van der Waals surface area contributed by atoms with Gasteiger partial charge in [-0.15, -0.1) is 0 Å². The molecule has 2 aliphatic rings. The Morgan fingerprint density at radius 1 is 1.14 bits per heavy atom. The number of carbonyl (C=O) groups is 2. The monoisotopic (exact) mass is 425 g/mol. The van der Waals surface area contributed by atoms with Crippen LogP contribution in [0.5, 0.6) is 0 Å². The molecule has 6 heteroatoms. The second-order valence-electron chi connectivity index (χ2n) is 9.04. The molecule has 0 bridgehead atoms. The Morgan fingerprint density at radius 3 is 2.59 bits per heavy atom. The third kappa shape index (κ3) is 8.49. The molecule has 1 saturated carbocycles. The second-order valence-corrected chi connectivity index (χ2v) is 10.0. The molecule has 1 aliphatic carbocycles. The molecule has 5 nitrogen and oxygen atoms in total. The number of thioether (sulfide) groups is 1. The van der Waals surface area contributed by atoms with Crippen LogP contribution < -0.4 is 10.6 Å². The summed E-state index contributed by atoms with van der Waals surface area (Å²) in [5.74, 6) is 1.76. The van der Waals surface area contributed by atoms with E-state index in [2.05, 4.69) is 29.4 Å². The zero-order chi connectivity index (χ0) is 21.1. The summed E-state index contributed by atoms with van der Waals surface area (Å²) < 4.78 is 0. The highest BCUT2D eigenvalue weighted by atomic mass is 32.2. The summed E-state index contributed by atoms with van der Waals surface area (Å²) in [6, 6.07) is 0.318. The molecule has 2 fully saturated rings. The normalized spacial score (nSPS) is 26.7. The first kappa shape index (κ1) is 24.5. The van der Waals surface area contributed by atoms with Crippen molar-refractivity contribution in [2.24, 2.45) is 11.8 Å². The molecule has 2 atom stereocenters. The average Bonchev–Trinajstić information content (AvgIpc) is 2.74. The van der Waals surface area contributed by atoms with Crippen molar-refractivity contribution >= 4 is 23.6 Å². The Hall–Kier alpha value is -0.750.